The highest BCUT2D eigenvalue weighted by atomic mass is 28.4. The van der Waals surface area contributed by atoms with Crippen molar-refractivity contribution in [2.45, 2.75) is 33.7 Å². The summed E-state index contributed by atoms with van der Waals surface area (Å²) in [4.78, 5) is 0. The van der Waals surface area contributed by atoms with Crippen molar-refractivity contribution in [3.05, 3.63) is 0 Å². The van der Waals surface area contributed by atoms with Crippen molar-refractivity contribution >= 4 is 8.80 Å². The van der Waals surface area contributed by atoms with Gasteiger partial charge in [-0.1, -0.05) is 6.92 Å². The van der Waals surface area contributed by atoms with E-state index in [0.717, 1.165) is 6.04 Å². The van der Waals surface area contributed by atoms with Gasteiger partial charge in [0.15, 0.2) is 0 Å². The Morgan fingerprint density at radius 1 is 1.00 bits per heavy atom. The molecule has 92 valence electrons. The Balaban J connectivity index is 4.44. The van der Waals surface area contributed by atoms with Crippen LogP contribution in [0.3, 0.4) is 0 Å². The SMILES string of the molecule is CCO[Si](CC(C)CN)(OCC)OCC. The van der Waals surface area contributed by atoms with Crippen LogP contribution in [-0.4, -0.2) is 35.2 Å². The fraction of sp³-hybridized carbons (Fsp3) is 1.00. The molecule has 4 nitrogen and oxygen atoms in total. The molecular formula is C10H25NO3Si. The lowest BCUT2D eigenvalue weighted by atomic mass is 10.2. The molecule has 0 aromatic carbocycles. The van der Waals surface area contributed by atoms with Crippen molar-refractivity contribution in [3.8, 4) is 0 Å². The van der Waals surface area contributed by atoms with Crippen LogP contribution in [0.1, 0.15) is 27.7 Å². The first-order valence-electron chi connectivity index (χ1n) is 5.76. The van der Waals surface area contributed by atoms with E-state index in [4.69, 9.17) is 19.0 Å². The van der Waals surface area contributed by atoms with Gasteiger partial charge in [-0.25, -0.2) is 0 Å². The molecule has 0 aliphatic carbocycles. The van der Waals surface area contributed by atoms with Crippen molar-refractivity contribution in [2.75, 3.05) is 26.4 Å². The number of hydrogen-bond donors (Lipinski definition) is 1. The van der Waals surface area contributed by atoms with Crippen LogP contribution in [0.2, 0.25) is 6.04 Å². The van der Waals surface area contributed by atoms with Gasteiger partial charge in [-0.2, -0.15) is 0 Å². The molecule has 0 saturated carbocycles. The molecular weight excluding hydrogens is 210 g/mol. The number of nitrogens with two attached hydrogens (primary N) is 1. The number of rotatable bonds is 9. The molecule has 0 rings (SSSR count). The molecule has 0 aromatic heterocycles. The van der Waals surface area contributed by atoms with E-state index < -0.39 is 8.80 Å². The minimum Gasteiger partial charge on any atom is -0.374 e. The van der Waals surface area contributed by atoms with Gasteiger partial charge in [0.25, 0.3) is 0 Å². The molecule has 0 aromatic rings. The fourth-order valence-electron chi connectivity index (χ4n) is 1.47. The normalized spacial score (nSPS) is 14.2. The van der Waals surface area contributed by atoms with E-state index in [1.54, 1.807) is 0 Å². The molecule has 0 saturated heterocycles. The highest BCUT2D eigenvalue weighted by Crippen LogP contribution is 2.20. The van der Waals surface area contributed by atoms with Crippen LogP contribution in [0.15, 0.2) is 0 Å². The summed E-state index contributed by atoms with van der Waals surface area (Å²) in [5.74, 6) is 0.376. The van der Waals surface area contributed by atoms with Gasteiger partial charge in [-0.05, 0) is 33.2 Å². The third-order valence-corrected chi connectivity index (χ3v) is 5.48. The van der Waals surface area contributed by atoms with E-state index in [9.17, 15) is 0 Å². The predicted octanol–water partition coefficient (Wildman–Crippen LogP) is 1.63. The molecule has 0 radical (unpaired) electrons. The molecule has 0 heterocycles. The summed E-state index contributed by atoms with van der Waals surface area (Å²) in [6, 6.07) is 0.805. The monoisotopic (exact) mass is 235 g/mol. The first-order valence-corrected chi connectivity index (χ1v) is 7.69. The molecule has 5 heteroatoms. The van der Waals surface area contributed by atoms with Crippen molar-refractivity contribution in [1.82, 2.24) is 0 Å². The van der Waals surface area contributed by atoms with Crippen molar-refractivity contribution in [1.29, 1.82) is 0 Å². The standard InChI is InChI=1S/C10H25NO3Si/c1-5-12-15(13-6-2,14-7-3)9-10(4)8-11/h10H,5-9,11H2,1-4H3. The second-order valence-electron chi connectivity index (χ2n) is 3.53. The Morgan fingerprint density at radius 3 is 1.67 bits per heavy atom. The van der Waals surface area contributed by atoms with Crippen molar-refractivity contribution < 1.29 is 13.3 Å². The Labute approximate surface area is 94.5 Å². The quantitative estimate of drug-likeness (QED) is 0.617. The average Bonchev–Trinajstić information content (AvgIpc) is 2.18. The maximum Gasteiger partial charge on any atom is 0.501 e. The van der Waals surface area contributed by atoms with Crippen LogP contribution in [0.4, 0.5) is 0 Å². The molecule has 1 unspecified atom stereocenters. The van der Waals surface area contributed by atoms with Crippen LogP contribution >= 0.6 is 0 Å². The molecule has 0 fully saturated rings. The van der Waals surface area contributed by atoms with E-state index in [0.29, 0.717) is 32.3 Å². The lowest BCUT2D eigenvalue weighted by molar-refractivity contribution is 0.0679. The smallest absolute Gasteiger partial charge is 0.374 e. The van der Waals surface area contributed by atoms with Gasteiger partial charge in [-0.15, -0.1) is 0 Å². The van der Waals surface area contributed by atoms with Gasteiger partial charge in [-0.3, -0.25) is 0 Å². The summed E-state index contributed by atoms with van der Waals surface area (Å²) in [6.07, 6.45) is 0. The summed E-state index contributed by atoms with van der Waals surface area (Å²) in [6.45, 7) is 10.5. The predicted molar refractivity (Wildman–Crippen MR) is 63.7 cm³/mol. The van der Waals surface area contributed by atoms with Crippen LogP contribution in [0.25, 0.3) is 0 Å². The molecule has 0 aliphatic rings. The molecule has 0 spiro atoms. The maximum atomic E-state index is 5.72. The lowest BCUT2D eigenvalue weighted by Gasteiger charge is -2.30. The van der Waals surface area contributed by atoms with Gasteiger partial charge < -0.3 is 19.0 Å². The first kappa shape index (κ1) is 15.1. The number of hydrogen-bond acceptors (Lipinski definition) is 4. The van der Waals surface area contributed by atoms with Crippen LogP contribution < -0.4 is 5.73 Å². The molecule has 0 aliphatic heterocycles. The van der Waals surface area contributed by atoms with E-state index in [-0.39, 0.29) is 0 Å². The fourth-order valence-corrected chi connectivity index (χ4v) is 4.41. The minimum absolute atomic E-state index is 0.376. The third-order valence-electron chi connectivity index (χ3n) is 2.09. The largest absolute Gasteiger partial charge is 0.501 e. The topological polar surface area (TPSA) is 53.7 Å². The van der Waals surface area contributed by atoms with Crippen LogP contribution in [0, 0.1) is 5.92 Å². The Bertz CT molecular complexity index is 141. The van der Waals surface area contributed by atoms with Crippen LogP contribution in [0.5, 0.6) is 0 Å². The molecule has 15 heavy (non-hydrogen) atoms. The molecule has 0 bridgehead atoms. The second kappa shape index (κ2) is 8.24. The lowest BCUT2D eigenvalue weighted by Crippen LogP contribution is -2.47. The van der Waals surface area contributed by atoms with Gasteiger partial charge >= 0.3 is 8.80 Å². The summed E-state index contributed by atoms with van der Waals surface area (Å²) in [7, 11) is -2.46. The maximum absolute atomic E-state index is 5.72. The van der Waals surface area contributed by atoms with Gasteiger partial charge in [0, 0.05) is 25.9 Å². The van der Waals surface area contributed by atoms with E-state index in [1.165, 1.54) is 0 Å². The first-order chi connectivity index (χ1) is 7.14. The minimum atomic E-state index is -2.46. The van der Waals surface area contributed by atoms with Crippen LogP contribution in [-0.2, 0) is 13.3 Å². The van der Waals surface area contributed by atoms with Gasteiger partial charge in [0.1, 0.15) is 0 Å². The molecule has 0 amide bonds. The summed E-state index contributed by atoms with van der Waals surface area (Å²) in [5.41, 5.74) is 5.62. The highest BCUT2D eigenvalue weighted by Gasteiger charge is 2.41. The van der Waals surface area contributed by atoms with Gasteiger partial charge in [0.05, 0.1) is 0 Å². The highest BCUT2D eigenvalue weighted by molar-refractivity contribution is 6.60. The Morgan fingerprint density at radius 2 is 1.40 bits per heavy atom. The zero-order valence-corrected chi connectivity index (χ0v) is 11.4. The Kier molecular flexibility index (Phi) is 8.27. The van der Waals surface area contributed by atoms with E-state index in [1.807, 2.05) is 20.8 Å². The van der Waals surface area contributed by atoms with Gasteiger partial charge in [0.2, 0.25) is 0 Å². The summed E-state index contributed by atoms with van der Waals surface area (Å²) < 4.78 is 17.2. The van der Waals surface area contributed by atoms with E-state index in [2.05, 4.69) is 6.92 Å². The Hall–Kier alpha value is 0.0569. The summed E-state index contributed by atoms with van der Waals surface area (Å²) in [5, 5.41) is 0. The third kappa shape index (κ3) is 5.63. The average molecular weight is 235 g/mol. The van der Waals surface area contributed by atoms with Crippen molar-refractivity contribution in [2.24, 2.45) is 11.7 Å². The van der Waals surface area contributed by atoms with E-state index >= 15 is 0 Å². The zero-order chi connectivity index (χ0) is 11.7. The van der Waals surface area contributed by atoms with Crippen molar-refractivity contribution in [3.63, 3.8) is 0 Å². The second-order valence-corrected chi connectivity index (χ2v) is 6.17. The zero-order valence-electron chi connectivity index (χ0n) is 10.4. The molecule has 2 N–H and O–H groups in total. The molecule has 1 atom stereocenters. The summed E-state index contributed by atoms with van der Waals surface area (Å²) >= 11 is 0.